The van der Waals surface area contributed by atoms with Gasteiger partial charge in [0.1, 0.15) is 12.2 Å². The van der Waals surface area contributed by atoms with Crippen LogP contribution in [0.15, 0.2) is 0 Å². The number of hydrogen-bond acceptors (Lipinski definition) is 5. The van der Waals surface area contributed by atoms with Crippen molar-refractivity contribution in [2.45, 2.75) is 89.2 Å². The summed E-state index contributed by atoms with van der Waals surface area (Å²) in [6, 6.07) is 0. The Bertz CT molecular complexity index is 437. The van der Waals surface area contributed by atoms with Gasteiger partial charge in [-0.1, -0.05) is 31.6 Å². The van der Waals surface area contributed by atoms with Crippen LogP contribution < -0.4 is 0 Å². The Labute approximate surface area is 145 Å². The first-order valence-electron chi connectivity index (χ1n) is 9.49. The van der Waals surface area contributed by atoms with Crippen LogP contribution in [0.3, 0.4) is 0 Å². The molecule has 3 saturated heterocycles. The lowest BCUT2D eigenvalue weighted by atomic mass is 9.92. The first kappa shape index (κ1) is 18.2. The van der Waals surface area contributed by atoms with E-state index in [2.05, 4.69) is 18.8 Å². The maximum absolute atomic E-state index is 10.3. The monoisotopic (exact) mass is 338 g/mol. The molecule has 3 fully saturated rings. The van der Waals surface area contributed by atoms with E-state index in [0.29, 0.717) is 13.0 Å². The molecule has 3 heterocycles. The predicted molar refractivity (Wildman–Crippen MR) is 89.1 cm³/mol. The third-order valence-electron chi connectivity index (χ3n) is 4.96. The second kappa shape index (κ2) is 9.17. The number of ether oxygens (including phenoxy) is 4. The maximum Gasteiger partial charge on any atom is 0.160 e. The topological polar surface area (TPSA) is 57.2 Å². The molecule has 0 spiro atoms. The molecule has 6 atom stereocenters. The van der Waals surface area contributed by atoms with Gasteiger partial charge < -0.3 is 24.1 Å². The van der Waals surface area contributed by atoms with E-state index in [9.17, 15) is 5.11 Å². The second-order valence-corrected chi connectivity index (χ2v) is 6.97. The first-order chi connectivity index (χ1) is 11.8. The van der Waals surface area contributed by atoms with Gasteiger partial charge in [-0.05, 0) is 32.1 Å². The van der Waals surface area contributed by atoms with Crippen LogP contribution in [-0.4, -0.2) is 49.2 Å². The fourth-order valence-corrected chi connectivity index (χ4v) is 3.51. The molecule has 3 aliphatic rings. The van der Waals surface area contributed by atoms with Gasteiger partial charge in [-0.25, -0.2) is 0 Å². The molecule has 1 unspecified atom stereocenters. The summed E-state index contributed by atoms with van der Waals surface area (Å²) >= 11 is 0. The van der Waals surface area contributed by atoms with Gasteiger partial charge in [-0.3, -0.25) is 0 Å². The average Bonchev–Trinajstić information content (AvgIpc) is 2.98. The Kier molecular flexibility index (Phi) is 6.94. The Morgan fingerprint density at radius 1 is 1.25 bits per heavy atom. The summed E-state index contributed by atoms with van der Waals surface area (Å²) in [7, 11) is 0. The Balaban J connectivity index is 1.59. The van der Waals surface area contributed by atoms with Crippen LogP contribution in [0, 0.1) is 17.8 Å². The Morgan fingerprint density at radius 2 is 2.17 bits per heavy atom. The lowest BCUT2D eigenvalue weighted by Crippen LogP contribution is -2.39. The molecule has 3 rings (SSSR count). The molecule has 5 heteroatoms. The van der Waals surface area contributed by atoms with E-state index in [0.717, 1.165) is 38.7 Å². The van der Waals surface area contributed by atoms with E-state index in [4.69, 9.17) is 18.9 Å². The van der Waals surface area contributed by atoms with Gasteiger partial charge in [-0.2, -0.15) is 0 Å². The molecule has 0 amide bonds. The molecule has 0 aromatic carbocycles. The van der Waals surface area contributed by atoms with Gasteiger partial charge in [0.25, 0.3) is 0 Å². The molecule has 0 saturated carbocycles. The van der Waals surface area contributed by atoms with Crippen molar-refractivity contribution in [1.29, 1.82) is 0 Å². The normalized spacial score (nSPS) is 36.8. The van der Waals surface area contributed by atoms with E-state index in [1.54, 1.807) is 0 Å². The van der Waals surface area contributed by atoms with Crippen LogP contribution >= 0.6 is 0 Å². The van der Waals surface area contributed by atoms with Crippen molar-refractivity contribution in [2.24, 2.45) is 5.92 Å². The lowest BCUT2D eigenvalue weighted by Gasteiger charge is -2.29. The van der Waals surface area contributed by atoms with E-state index < -0.39 is 6.10 Å². The molecule has 0 aromatic rings. The SMILES string of the molecule is CCCCC[C@@H](C#C[C@H]1[C@H](O)C[C@@H]2OC[C@H]1O2)OC1CCCCO1. The quantitative estimate of drug-likeness (QED) is 0.596. The van der Waals surface area contributed by atoms with Crippen molar-refractivity contribution < 1.29 is 24.1 Å². The number of unbranched alkanes of at least 4 members (excludes halogenated alkanes) is 2. The molecule has 0 aliphatic carbocycles. The molecule has 2 bridgehead atoms. The largest absolute Gasteiger partial charge is 0.392 e. The predicted octanol–water partition coefficient (Wildman–Crippen LogP) is 2.60. The van der Waals surface area contributed by atoms with Crippen molar-refractivity contribution >= 4 is 0 Å². The summed E-state index contributed by atoms with van der Waals surface area (Å²) in [6.45, 7) is 3.49. The van der Waals surface area contributed by atoms with E-state index in [1.807, 2.05) is 0 Å². The molecular formula is C19H30O5. The Hall–Kier alpha value is -0.640. The van der Waals surface area contributed by atoms with Gasteiger partial charge in [0.2, 0.25) is 0 Å². The minimum atomic E-state index is -0.481. The number of rotatable bonds is 6. The zero-order chi connectivity index (χ0) is 16.8. The third-order valence-corrected chi connectivity index (χ3v) is 4.96. The van der Waals surface area contributed by atoms with Crippen molar-refractivity contribution in [1.82, 2.24) is 0 Å². The summed E-state index contributed by atoms with van der Waals surface area (Å²) in [5.41, 5.74) is 0. The highest BCUT2D eigenvalue weighted by molar-refractivity contribution is 5.14. The number of fused-ring (bicyclic) bond motifs is 2. The van der Waals surface area contributed by atoms with Crippen LogP contribution in [0.25, 0.3) is 0 Å². The van der Waals surface area contributed by atoms with Gasteiger partial charge >= 0.3 is 0 Å². The van der Waals surface area contributed by atoms with Gasteiger partial charge in [-0.15, -0.1) is 0 Å². The summed E-state index contributed by atoms with van der Waals surface area (Å²) in [5, 5.41) is 10.3. The van der Waals surface area contributed by atoms with Crippen molar-refractivity contribution in [3.05, 3.63) is 0 Å². The zero-order valence-electron chi connectivity index (χ0n) is 14.6. The van der Waals surface area contributed by atoms with Crippen LogP contribution in [0.5, 0.6) is 0 Å². The smallest absolute Gasteiger partial charge is 0.160 e. The Morgan fingerprint density at radius 3 is 2.96 bits per heavy atom. The highest BCUT2D eigenvalue weighted by Crippen LogP contribution is 2.31. The molecule has 5 nitrogen and oxygen atoms in total. The standard InChI is InChI=1S/C19H30O5/c1-2-3-4-7-14(23-18-8-5-6-11-21-18)9-10-15-16(20)12-19-22-13-17(15)24-19/h14-20H,2-8,11-13H2,1H3/t14-,15-,16+,17+,18?,19+/m0/s1. The average molecular weight is 338 g/mol. The maximum atomic E-state index is 10.3. The minimum Gasteiger partial charge on any atom is -0.392 e. The van der Waals surface area contributed by atoms with E-state index in [-0.39, 0.29) is 30.7 Å². The van der Waals surface area contributed by atoms with Crippen molar-refractivity contribution in [3.8, 4) is 11.8 Å². The van der Waals surface area contributed by atoms with Crippen molar-refractivity contribution in [2.75, 3.05) is 13.2 Å². The minimum absolute atomic E-state index is 0.117. The van der Waals surface area contributed by atoms with Gasteiger partial charge in [0.15, 0.2) is 12.6 Å². The third kappa shape index (κ3) is 4.93. The molecule has 0 aromatic heterocycles. The fraction of sp³-hybridized carbons (Fsp3) is 0.895. The first-order valence-corrected chi connectivity index (χ1v) is 9.49. The molecule has 3 aliphatic heterocycles. The summed E-state index contributed by atoms with van der Waals surface area (Å²) in [5.74, 6) is 6.30. The second-order valence-electron chi connectivity index (χ2n) is 6.97. The highest BCUT2D eigenvalue weighted by atomic mass is 16.7. The van der Waals surface area contributed by atoms with Crippen molar-refractivity contribution in [3.63, 3.8) is 0 Å². The zero-order valence-corrected chi connectivity index (χ0v) is 14.6. The molecule has 24 heavy (non-hydrogen) atoms. The summed E-state index contributed by atoms with van der Waals surface area (Å²) in [6.07, 6.45) is 6.96. The lowest BCUT2D eigenvalue weighted by molar-refractivity contribution is -0.177. The number of aliphatic hydroxyl groups excluding tert-OH is 1. The van der Waals surface area contributed by atoms with Gasteiger partial charge in [0.05, 0.1) is 18.6 Å². The van der Waals surface area contributed by atoms with Crippen LogP contribution in [0.1, 0.15) is 58.3 Å². The fourth-order valence-electron chi connectivity index (χ4n) is 3.51. The van der Waals surface area contributed by atoms with E-state index >= 15 is 0 Å². The van der Waals surface area contributed by atoms with E-state index in [1.165, 1.54) is 12.8 Å². The summed E-state index contributed by atoms with van der Waals surface area (Å²) < 4.78 is 23.0. The number of aliphatic hydroxyl groups is 1. The van der Waals surface area contributed by atoms with Crippen LogP contribution in [-0.2, 0) is 18.9 Å². The van der Waals surface area contributed by atoms with Crippen LogP contribution in [0.4, 0.5) is 0 Å². The molecule has 136 valence electrons. The van der Waals surface area contributed by atoms with Gasteiger partial charge in [0, 0.05) is 13.0 Å². The number of hydrogen-bond donors (Lipinski definition) is 1. The summed E-state index contributed by atoms with van der Waals surface area (Å²) in [4.78, 5) is 0. The molecule has 0 radical (unpaired) electrons. The molecular weight excluding hydrogens is 308 g/mol. The highest BCUT2D eigenvalue weighted by Gasteiger charge is 2.42. The molecule has 1 N–H and O–H groups in total. The van der Waals surface area contributed by atoms with Crippen LogP contribution in [0.2, 0.25) is 0 Å².